The molecule has 4 heterocycles. The summed E-state index contributed by atoms with van der Waals surface area (Å²) in [4.78, 5) is 42.3. The molecule has 0 saturated carbocycles. The number of amides is 2. The van der Waals surface area contributed by atoms with Gasteiger partial charge in [-0.05, 0) is 25.3 Å². The normalized spacial score (nSPS) is 29.6. The largest absolute Gasteiger partial charge is 0.396 e. The van der Waals surface area contributed by atoms with Crippen molar-refractivity contribution in [1.82, 2.24) is 14.4 Å². The van der Waals surface area contributed by atoms with Crippen molar-refractivity contribution in [2.24, 2.45) is 11.8 Å². The van der Waals surface area contributed by atoms with E-state index in [1.807, 2.05) is 17.9 Å². The molecule has 1 N–H and O–H groups in total. The van der Waals surface area contributed by atoms with E-state index in [1.54, 1.807) is 15.5 Å². The van der Waals surface area contributed by atoms with Crippen molar-refractivity contribution in [1.29, 1.82) is 0 Å². The lowest BCUT2D eigenvalue weighted by Crippen LogP contribution is -2.49. The summed E-state index contributed by atoms with van der Waals surface area (Å²) in [5, 5.41) is 10.2. The first-order valence-electron chi connectivity index (χ1n) is 9.99. The molecule has 2 fully saturated rings. The minimum Gasteiger partial charge on any atom is -0.396 e. The lowest BCUT2D eigenvalue weighted by atomic mass is 9.85. The summed E-state index contributed by atoms with van der Waals surface area (Å²) in [7, 11) is 0. The number of aliphatic hydroxyl groups excluding tert-OH is 1. The second-order valence-electron chi connectivity index (χ2n) is 7.82. The summed E-state index contributed by atoms with van der Waals surface area (Å²) in [6.07, 6.45) is 3.45. The van der Waals surface area contributed by atoms with E-state index in [0.717, 1.165) is 32.4 Å². The molecule has 7 heteroatoms. The van der Waals surface area contributed by atoms with E-state index in [9.17, 15) is 19.5 Å². The second kappa shape index (κ2) is 7.11. The first kappa shape index (κ1) is 18.2. The van der Waals surface area contributed by atoms with Gasteiger partial charge < -0.3 is 19.5 Å². The number of rotatable bonds is 3. The van der Waals surface area contributed by atoms with Gasteiger partial charge in [0.25, 0.3) is 5.56 Å². The van der Waals surface area contributed by atoms with Gasteiger partial charge in [0.15, 0.2) is 0 Å². The predicted octanol–water partition coefficient (Wildman–Crippen LogP) is 0.761. The number of aliphatic hydroxyl groups is 1. The van der Waals surface area contributed by atoms with Gasteiger partial charge in [-0.25, -0.2) is 0 Å². The molecular formula is C20H27N3O4. The molecule has 0 unspecified atom stereocenters. The van der Waals surface area contributed by atoms with E-state index in [-0.39, 0.29) is 35.9 Å². The summed E-state index contributed by atoms with van der Waals surface area (Å²) >= 11 is 0. The Morgan fingerprint density at radius 3 is 2.59 bits per heavy atom. The van der Waals surface area contributed by atoms with E-state index in [0.29, 0.717) is 18.7 Å². The van der Waals surface area contributed by atoms with E-state index < -0.39 is 12.0 Å². The van der Waals surface area contributed by atoms with Crippen LogP contribution in [0.2, 0.25) is 0 Å². The minimum absolute atomic E-state index is 0.0138. The Hall–Kier alpha value is -2.15. The second-order valence-corrected chi connectivity index (χ2v) is 7.82. The zero-order valence-corrected chi connectivity index (χ0v) is 15.7. The van der Waals surface area contributed by atoms with Gasteiger partial charge in [0.05, 0.1) is 18.0 Å². The fourth-order valence-electron chi connectivity index (χ4n) is 5.19. The van der Waals surface area contributed by atoms with Crippen LogP contribution >= 0.6 is 0 Å². The van der Waals surface area contributed by atoms with Crippen molar-refractivity contribution in [3.63, 3.8) is 0 Å². The SMILES string of the molecule is CCC(=O)N1[C@@H]2c3cccc(=O)n3C[C@H]1[C@H](CO)[C@H]2C(=O)N1CCCCC1. The number of pyridine rings is 1. The van der Waals surface area contributed by atoms with Crippen molar-refractivity contribution in [2.75, 3.05) is 19.7 Å². The number of carbonyl (C=O) groups is 2. The third-order valence-corrected chi connectivity index (χ3v) is 6.46. The molecule has 0 spiro atoms. The third kappa shape index (κ3) is 2.79. The third-order valence-electron chi connectivity index (χ3n) is 6.46. The molecular weight excluding hydrogens is 346 g/mol. The van der Waals surface area contributed by atoms with Crippen molar-refractivity contribution < 1.29 is 14.7 Å². The molecule has 27 heavy (non-hydrogen) atoms. The summed E-state index contributed by atoms with van der Waals surface area (Å²) in [6, 6.07) is 4.25. The Bertz CT molecular complexity index is 799. The molecule has 2 saturated heterocycles. The molecule has 2 amide bonds. The maximum Gasteiger partial charge on any atom is 0.250 e. The summed E-state index contributed by atoms with van der Waals surface area (Å²) in [6.45, 7) is 3.44. The van der Waals surface area contributed by atoms with Gasteiger partial charge in [0, 0.05) is 50.3 Å². The smallest absolute Gasteiger partial charge is 0.250 e. The van der Waals surface area contributed by atoms with Crippen LogP contribution in [0, 0.1) is 11.8 Å². The molecule has 146 valence electrons. The van der Waals surface area contributed by atoms with E-state index in [1.165, 1.54) is 6.07 Å². The molecule has 0 aromatic carbocycles. The quantitative estimate of drug-likeness (QED) is 0.848. The van der Waals surface area contributed by atoms with E-state index in [2.05, 4.69) is 0 Å². The molecule has 1 aromatic heterocycles. The average molecular weight is 373 g/mol. The molecule has 0 aliphatic carbocycles. The first-order valence-corrected chi connectivity index (χ1v) is 9.99. The number of hydrogen-bond acceptors (Lipinski definition) is 4. The Labute approximate surface area is 158 Å². The highest BCUT2D eigenvalue weighted by molar-refractivity contribution is 5.84. The summed E-state index contributed by atoms with van der Waals surface area (Å²) < 4.78 is 1.68. The number of piperidine rings is 1. The molecule has 3 aliphatic heterocycles. The molecule has 2 bridgehead atoms. The van der Waals surface area contributed by atoms with Gasteiger partial charge in [0.1, 0.15) is 0 Å². The molecule has 4 atom stereocenters. The number of fused-ring (bicyclic) bond motifs is 4. The van der Waals surface area contributed by atoms with Crippen molar-refractivity contribution in [3.8, 4) is 0 Å². The monoisotopic (exact) mass is 373 g/mol. The van der Waals surface area contributed by atoms with Gasteiger partial charge in [-0.3, -0.25) is 14.4 Å². The van der Waals surface area contributed by atoms with Gasteiger partial charge in [-0.15, -0.1) is 0 Å². The number of carbonyl (C=O) groups excluding carboxylic acids is 2. The highest BCUT2D eigenvalue weighted by Crippen LogP contribution is 2.49. The first-order chi connectivity index (χ1) is 13.1. The maximum atomic E-state index is 13.5. The Balaban J connectivity index is 1.81. The number of aromatic nitrogens is 1. The number of likely N-dealkylation sites (tertiary alicyclic amines) is 1. The van der Waals surface area contributed by atoms with Crippen LogP contribution in [0.1, 0.15) is 44.3 Å². The Kier molecular flexibility index (Phi) is 4.80. The predicted molar refractivity (Wildman–Crippen MR) is 98.9 cm³/mol. The van der Waals surface area contributed by atoms with Crippen LogP contribution in [0.3, 0.4) is 0 Å². The molecule has 3 aliphatic rings. The lowest BCUT2D eigenvalue weighted by Gasteiger charge is -2.38. The van der Waals surface area contributed by atoms with Crippen LogP contribution < -0.4 is 5.56 Å². The van der Waals surface area contributed by atoms with E-state index >= 15 is 0 Å². The van der Waals surface area contributed by atoms with Gasteiger partial charge in [-0.1, -0.05) is 13.0 Å². The maximum absolute atomic E-state index is 13.5. The van der Waals surface area contributed by atoms with Crippen LogP contribution in [0.5, 0.6) is 0 Å². The van der Waals surface area contributed by atoms with Crippen LogP contribution in [0.25, 0.3) is 0 Å². The molecule has 4 rings (SSSR count). The zero-order chi connectivity index (χ0) is 19.1. The highest BCUT2D eigenvalue weighted by atomic mass is 16.3. The highest BCUT2D eigenvalue weighted by Gasteiger charge is 2.57. The van der Waals surface area contributed by atoms with Gasteiger partial charge >= 0.3 is 0 Å². The van der Waals surface area contributed by atoms with Crippen LogP contribution in [0.15, 0.2) is 23.0 Å². The fraction of sp³-hybridized carbons (Fsp3) is 0.650. The molecule has 7 nitrogen and oxygen atoms in total. The average Bonchev–Trinajstić information content (AvgIpc) is 2.95. The summed E-state index contributed by atoms with van der Waals surface area (Å²) in [5.74, 6) is -0.858. The minimum atomic E-state index is -0.496. The van der Waals surface area contributed by atoms with Gasteiger partial charge in [-0.2, -0.15) is 0 Å². The number of hydrogen-bond donors (Lipinski definition) is 1. The molecule has 1 aromatic rings. The Morgan fingerprint density at radius 2 is 1.93 bits per heavy atom. The fourth-order valence-corrected chi connectivity index (χ4v) is 5.19. The lowest BCUT2D eigenvalue weighted by molar-refractivity contribution is -0.140. The topological polar surface area (TPSA) is 82.9 Å². The van der Waals surface area contributed by atoms with Crippen LogP contribution in [-0.4, -0.2) is 57.0 Å². The molecule has 0 radical (unpaired) electrons. The van der Waals surface area contributed by atoms with Crippen molar-refractivity contribution in [3.05, 3.63) is 34.2 Å². The van der Waals surface area contributed by atoms with Crippen LogP contribution in [0.4, 0.5) is 0 Å². The standard InChI is InChI=1S/C20H27N3O4/c1-2-16(25)23-15-11-22-14(7-6-8-17(22)26)19(23)18(13(15)12-24)20(27)21-9-4-3-5-10-21/h6-8,13,15,18-19,24H,2-5,9-12H2,1H3/t13-,15-,18+,19+/m0/s1. The van der Waals surface area contributed by atoms with Crippen molar-refractivity contribution in [2.45, 2.75) is 51.2 Å². The zero-order valence-electron chi connectivity index (χ0n) is 15.7. The van der Waals surface area contributed by atoms with Gasteiger partial charge in [0.2, 0.25) is 11.8 Å². The van der Waals surface area contributed by atoms with Crippen molar-refractivity contribution >= 4 is 11.8 Å². The summed E-state index contributed by atoms with van der Waals surface area (Å²) in [5.41, 5.74) is 0.598. The van der Waals surface area contributed by atoms with E-state index in [4.69, 9.17) is 0 Å². The Morgan fingerprint density at radius 1 is 1.19 bits per heavy atom. The number of nitrogens with zero attached hydrogens (tertiary/aromatic N) is 3. The van der Waals surface area contributed by atoms with Crippen LogP contribution in [-0.2, 0) is 16.1 Å².